The minimum absolute atomic E-state index is 0. The lowest BCUT2D eigenvalue weighted by Gasteiger charge is -2.02. The number of fused-ring (bicyclic) bond motifs is 1. The van der Waals surface area contributed by atoms with E-state index in [1.807, 2.05) is 24.0 Å². The number of halogens is 1. The lowest BCUT2D eigenvalue weighted by Crippen LogP contribution is -1.99. The minimum Gasteiger partial charge on any atom is -0.326 e. The van der Waals surface area contributed by atoms with Crippen LogP contribution in [0.1, 0.15) is 11.1 Å². The largest absolute Gasteiger partial charge is 0.326 e. The molecule has 0 spiro atoms. The number of hydrogen-bond donors (Lipinski definition) is 1. The first-order chi connectivity index (χ1) is 6.22. The van der Waals surface area contributed by atoms with Crippen LogP contribution in [-0.2, 0) is 13.6 Å². The van der Waals surface area contributed by atoms with E-state index in [1.165, 1.54) is 16.5 Å². The SMILES string of the molecule is Cc1ccc2nn(C)cc2c1CN.Cl. The van der Waals surface area contributed by atoms with Gasteiger partial charge in [-0.1, -0.05) is 6.07 Å². The molecule has 0 atom stereocenters. The molecule has 0 saturated heterocycles. The maximum absolute atomic E-state index is 5.69. The van der Waals surface area contributed by atoms with E-state index in [1.54, 1.807) is 0 Å². The molecule has 2 aromatic rings. The summed E-state index contributed by atoms with van der Waals surface area (Å²) in [5.74, 6) is 0. The lowest BCUT2D eigenvalue weighted by atomic mass is 10.1. The van der Waals surface area contributed by atoms with Crippen LogP contribution < -0.4 is 5.73 Å². The van der Waals surface area contributed by atoms with Gasteiger partial charge in [-0.3, -0.25) is 4.68 Å². The molecule has 14 heavy (non-hydrogen) atoms. The normalized spacial score (nSPS) is 10.2. The van der Waals surface area contributed by atoms with Crippen molar-refractivity contribution in [1.82, 2.24) is 9.78 Å². The van der Waals surface area contributed by atoms with Gasteiger partial charge in [0, 0.05) is 25.2 Å². The molecule has 0 aliphatic rings. The van der Waals surface area contributed by atoms with Crippen LogP contribution in [0.25, 0.3) is 10.9 Å². The molecule has 76 valence electrons. The summed E-state index contributed by atoms with van der Waals surface area (Å²) in [5.41, 5.74) is 9.15. The van der Waals surface area contributed by atoms with Crippen LogP contribution >= 0.6 is 12.4 Å². The van der Waals surface area contributed by atoms with E-state index in [0.29, 0.717) is 6.54 Å². The molecule has 2 rings (SSSR count). The zero-order valence-electron chi connectivity index (χ0n) is 8.32. The molecule has 4 heteroatoms. The van der Waals surface area contributed by atoms with E-state index >= 15 is 0 Å². The summed E-state index contributed by atoms with van der Waals surface area (Å²) in [6.45, 7) is 2.66. The number of aryl methyl sites for hydroxylation is 2. The molecule has 0 fully saturated rings. The summed E-state index contributed by atoms with van der Waals surface area (Å²) >= 11 is 0. The summed E-state index contributed by atoms with van der Waals surface area (Å²) in [5, 5.41) is 5.50. The van der Waals surface area contributed by atoms with Crippen LogP contribution in [0.5, 0.6) is 0 Å². The fraction of sp³-hybridized carbons (Fsp3) is 0.300. The predicted octanol–water partition coefficient (Wildman–Crippen LogP) is 1.76. The van der Waals surface area contributed by atoms with Gasteiger partial charge in [0.2, 0.25) is 0 Å². The van der Waals surface area contributed by atoms with Gasteiger partial charge in [0.15, 0.2) is 0 Å². The maximum Gasteiger partial charge on any atom is 0.0926 e. The Balaban J connectivity index is 0.000000980. The first-order valence-corrected chi connectivity index (χ1v) is 4.34. The Morgan fingerprint density at radius 2 is 2.14 bits per heavy atom. The van der Waals surface area contributed by atoms with Crippen LogP contribution in [0.2, 0.25) is 0 Å². The van der Waals surface area contributed by atoms with Crippen LogP contribution in [0.4, 0.5) is 0 Å². The Morgan fingerprint density at radius 1 is 1.43 bits per heavy atom. The third kappa shape index (κ3) is 1.61. The Labute approximate surface area is 89.3 Å². The van der Waals surface area contributed by atoms with Gasteiger partial charge in [-0.25, -0.2) is 0 Å². The second-order valence-electron chi connectivity index (χ2n) is 3.30. The Kier molecular flexibility index (Phi) is 3.13. The highest BCUT2D eigenvalue weighted by molar-refractivity contribution is 5.85. The highest BCUT2D eigenvalue weighted by Crippen LogP contribution is 2.20. The molecule has 2 N–H and O–H groups in total. The summed E-state index contributed by atoms with van der Waals surface area (Å²) in [6.07, 6.45) is 2.02. The van der Waals surface area contributed by atoms with Gasteiger partial charge in [0.25, 0.3) is 0 Å². The van der Waals surface area contributed by atoms with E-state index < -0.39 is 0 Å². The molecule has 1 aromatic heterocycles. The Morgan fingerprint density at radius 3 is 2.79 bits per heavy atom. The van der Waals surface area contributed by atoms with Crippen molar-refractivity contribution in [1.29, 1.82) is 0 Å². The van der Waals surface area contributed by atoms with E-state index in [0.717, 1.165) is 5.52 Å². The highest BCUT2D eigenvalue weighted by atomic mass is 35.5. The molecule has 1 heterocycles. The van der Waals surface area contributed by atoms with Crippen molar-refractivity contribution in [2.75, 3.05) is 0 Å². The summed E-state index contributed by atoms with van der Waals surface area (Å²) in [4.78, 5) is 0. The van der Waals surface area contributed by atoms with Crippen LogP contribution in [-0.4, -0.2) is 9.78 Å². The summed E-state index contributed by atoms with van der Waals surface area (Å²) in [6, 6.07) is 4.10. The van der Waals surface area contributed by atoms with Gasteiger partial charge in [-0.05, 0) is 24.1 Å². The van der Waals surface area contributed by atoms with Gasteiger partial charge in [0.1, 0.15) is 0 Å². The zero-order valence-corrected chi connectivity index (χ0v) is 9.14. The first kappa shape index (κ1) is 11.0. The molecule has 0 unspecified atom stereocenters. The Bertz CT molecular complexity index is 448. The number of nitrogens with zero attached hydrogens (tertiary/aromatic N) is 2. The van der Waals surface area contributed by atoms with Gasteiger partial charge < -0.3 is 5.73 Å². The summed E-state index contributed by atoms with van der Waals surface area (Å²) < 4.78 is 1.82. The second-order valence-corrected chi connectivity index (χ2v) is 3.30. The van der Waals surface area contributed by atoms with E-state index in [4.69, 9.17) is 5.73 Å². The van der Waals surface area contributed by atoms with E-state index in [2.05, 4.69) is 18.1 Å². The first-order valence-electron chi connectivity index (χ1n) is 4.34. The van der Waals surface area contributed by atoms with E-state index in [9.17, 15) is 0 Å². The van der Waals surface area contributed by atoms with Crippen molar-refractivity contribution in [3.63, 3.8) is 0 Å². The third-order valence-electron chi connectivity index (χ3n) is 2.35. The molecule has 0 radical (unpaired) electrons. The fourth-order valence-corrected chi connectivity index (χ4v) is 1.65. The van der Waals surface area contributed by atoms with Crippen molar-refractivity contribution in [2.24, 2.45) is 12.8 Å². The number of hydrogen-bond acceptors (Lipinski definition) is 2. The van der Waals surface area contributed by atoms with Gasteiger partial charge >= 0.3 is 0 Å². The number of benzene rings is 1. The molecular formula is C10H14ClN3. The smallest absolute Gasteiger partial charge is 0.0926 e. The van der Waals surface area contributed by atoms with Crippen molar-refractivity contribution < 1.29 is 0 Å². The number of nitrogens with two attached hydrogens (primary N) is 1. The topological polar surface area (TPSA) is 43.8 Å². The molecule has 0 amide bonds. The lowest BCUT2D eigenvalue weighted by molar-refractivity contribution is 0.779. The molecule has 3 nitrogen and oxygen atoms in total. The molecule has 0 aliphatic heterocycles. The minimum atomic E-state index is 0. The summed E-state index contributed by atoms with van der Waals surface area (Å²) in [7, 11) is 1.93. The van der Waals surface area contributed by atoms with E-state index in [-0.39, 0.29) is 12.4 Å². The second kappa shape index (κ2) is 3.98. The predicted molar refractivity (Wildman–Crippen MR) is 60.6 cm³/mol. The van der Waals surface area contributed by atoms with Crippen molar-refractivity contribution in [3.05, 3.63) is 29.5 Å². The van der Waals surface area contributed by atoms with Crippen molar-refractivity contribution in [2.45, 2.75) is 13.5 Å². The average Bonchev–Trinajstić information content (AvgIpc) is 2.45. The van der Waals surface area contributed by atoms with Gasteiger partial charge in [-0.15, -0.1) is 12.4 Å². The maximum atomic E-state index is 5.69. The van der Waals surface area contributed by atoms with Crippen molar-refractivity contribution >= 4 is 23.3 Å². The number of aromatic nitrogens is 2. The van der Waals surface area contributed by atoms with Gasteiger partial charge in [0.05, 0.1) is 5.52 Å². The molecular weight excluding hydrogens is 198 g/mol. The van der Waals surface area contributed by atoms with Gasteiger partial charge in [-0.2, -0.15) is 5.10 Å². The Hall–Kier alpha value is -1.06. The fourth-order valence-electron chi connectivity index (χ4n) is 1.65. The number of rotatable bonds is 1. The van der Waals surface area contributed by atoms with Crippen molar-refractivity contribution in [3.8, 4) is 0 Å². The quantitative estimate of drug-likeness (QED) is 0.781. The van der Waals surface area contributed by atoms with Crippen LogP contribution in [0.15, 0.2) is 18.3 Å². The highest BCUT2D eigenvalue weighted by Gasteiger charge is 2.05. The third-order valence-corrected chi connectivity index (χ3v) is 2.35. The molecule has 0 aliphatic carbocycles. The average molecular weight is 212 g/mol. The molecule has 1 aromatic carbocycles. The standard InChI is InChI=1S/C10H13N3.ClH/c1-7-3-4-10-9(8(7)5-11)6-13(2)12-10;/h3-4,6H,5,11H2,1-2H3;1H. The molecule has 0 saturated carbocycles. The zero-order chi connectivity index (χ0) is 9.42. The van der Waals surface area contributed by atoms with Crippen LogP contribution in [0, 0.1) is 6.92 Å². The monoisotopic (exact) mass is 211 g/mol. The van der Waals surface area contributed by atoms with Crippen LogP contribution in [0.3, 0.4) is 0 Å². The molecule has 0 bridgehead atoms.